The van der Waals surface area contributed by atoms with E-state index in [9.17, 15) is 4.79 Å². The van der Waals surface area contributed by atoms with Gasteiger partial charge in [-0.25, -0.2) is 0 Å². The lowest BCUT2D eigenvalue weighted by atomic mass is 10.2. The second-order valence-electron chi connectivity index (χ2n) is 5.53. The molecule has 8 heteroatoms. The van der Waals surface area contributed by atoms with Crippen molar-refractivity contribution in [2.24, 2.45) is 0 Å². The van der Waals surface area contributed by atoms with Crippen molar-refractivity contribution in [1.29, 1.82) is 0 Å². The standard InChI is InChI=1S/C19H15ClINO3S2/c1-2-24-15-8-12(9-16-18(23)22-19(26)27-16)7-14(21)17(15)25-10-11-3-5-13(20)6-4-11/h3-9H,2,10H2,1H3,(H,22,23,26)/b16-9-. The molecule has 0 unspecified atom stereocenters. The Bertz CT molecular complexity index is 916. The third-order valence-corrected chi connectivity index (χ3v) is 5.78. The maximum absolute atomic E-state index is 11.9. The van der Waals surface area contributed by atoms with Crippen molar-refractivity contribution in [3.63, 3.8) is 0 Å². The van der Waals surface area contributed by atoms with E-state index in [2.05, 4.69) is 27.9 Å². The van der Waals surface area contributed by atoms with E-state index >= 15 is 0 Å². The van der Waals surface area contributed by atoms with E-state index in [1.807, 2.05) is 43.3 Å². The summed E-state index contributed by atoms with van der Waals surface area (Å²) in [5.74, 6) is 1.13. The molecular formula is C19H15ClINO3S2. The van der Waals surface area contributed by atoms with Crippen LogP contribution in [0.15, 0.2) is 41.3 Å². The van der Waals surface area contributed by atoms with Gasteiger partial charge in [-0.1, -0.05) is 47.7 Å². The number of carbonyl (C=O) groups is 1. The van der Waals surface area contributed by atoms with Crippen LogP contribution >= 0.6 is 58.2 Å². The molecule has 0 saturated carbocycles. The first-order chi connectivity index (χ1) is 13.0. The lowest BCUT2D eigenvalue weighted by Gasteiger charge is -2.15. The molecule has 140 valence electrons. The van der Waals surface area contributed by atoms with Crippen molar-refractivity contribution in [3.8, 4) is 11.5 Å². The van der Waals surface area contributed by atoms with E-state index in [0.717, 1.165) is 14.7 Å². The predicted molar refractivity (Wildman–Crippen MR) is 122 cm³/mol. The minimum atomic E-state index is -0.180. The first kappa shape index (κ1) is 20.4. The average Bonchev–Trinajstić information content (AvgIpc) is 2.93. The fourth-order valence-corrected chi connectivity index (χ4v) is 4.33. The number of amides is 1. The maximum Gasteiger partial charge on any atom is 0.263 e. The summed E-state index contributed by atoms with van der Waals surface area (Å²) in [6, 6.07) is 11.3. The topological polar surface area (TPSA) is 47.6 Å². The molecule has 1 aliphatic heterocycles. The van der Waals surface area contributed by atoms with Gasteiger partial charge in [0.15, 0.2) is 11.5 Å². The van der Waals surface area contributed by atoms with E-state index in [4.69, 9.17) is 33.3 Å². The number of carbonyl (C=O) groups excluding carboxylic acids is 1. The van der Waals surface area contributed by atoms with E-state index < -0.39 is 0 Å². The molecular weight excluding hydrogens is 517 g/mol. The molecule has 0 aromatic heterocycles. The summed E-state index contributed by atoms with van der Waals surface area (Å²) in [4.78, 5) is 12.4. The molecule has 0 radical (unpaired) electrons. The molecule has 0 bridgehead atoms. The quantitative estimate of drug-likeness (QED) is 0.307. The van der Waals surface area contributed by atoms with Gasteiger partial charge < -0.3 is 14.8 Å². The van der Waals surface area contributed by atoms with Gasteiger partial charge in [0.05, 0.1) is 15.1 Å². The molecule has 4 nitrogen and oxygen atoms in total. The zero-order valence-corrected chi connectivity index (χ0v) is 18.8. The van der Waals surface area contributed by atoms with Gasteiger partial charge in [0.1, 0.15) is 10.9 Å². The van der Waals surface area contributed by atoms with Gasteiger partial charge in [-0.05, 0) is 71.0 Å². The van der Waals surface area contributed by atoms with Crippen LogP contribution in [0, 0.1) is 3.57 Å². The smallest absolute Gasteiger partial charge is 0.263 e. The van der Waals surface area contributed by atoms with Crippen LogP contribution in [0.4, 0.5) is 0 Å². The van der Waals surface area contributed by atoms with Crippen LogP contribution in [0.1, 0.15) is 18.1 Å². The molecule has 3 rings (SSSR count). The number of hydrogen-bond acceptors (Lipinski definition) is 5. The van der Waals surface area contributed by atoms with Crippen LogP contribution in [0.5, 0.6) is 11.5 Å². The molecule has 1 heterocycles. The van der Waals surface area contributed by atoms with Gasteiger partial charge in [0.25, 0.3) is 5.91 Å². The Balaban J connectivity index is 1.85. The molecule has 2 aromatic carbocycles. The van der Waals surface area contributed by atoms with E-state index in [0.29, 0.717) is 39.0 Å². The monoisotopic (exact) mass is 531 g/mol. The van der Waals surface area contributed by atoms with Gasteiger partial charge in [0.2, 0.25) is 0 Å². The van der Waals surface area contributed by atoms with Crippen LogP contribution in [-0.2, 0) is 11.4 Å². The fourth-order valence-electron chi connectivity index (χ4n) is 2.38. The molecule has 1 amide bonds. The molecule has 0 spiro atoms. The highest BCUT2D eigenvalue weighted by Gasteiger charge is 2.22. The van der Waals surface area contributed by atoms with Crippen LogP contribution in [0.25, 0.3) is 6.08 Å². The SMILES string of the molecule is CCOc1cc(/C=C2\SC(=S)NC2=O)cc(I)c1OCc1ccc(Cl)cc1. The predicted octanol–water partition coefficient (Wildman–Crippen LogP) is 5.41. The summed E-state index contributed by atoms with van der Waals surface area (Å²) in [7, 11) is 0. The maximum atomic E-state index is 11.9. The lowest BCUT2D eigenvalue weighted by Crippen LogP contribution is -2.17. The second kappa shape index (κ2) is 9.27. The number of nitrogens with one attached hydrogen (secondary N) is 1. The Hall–Kier alpha value is -1.29. The zero-order valence-electron chi connectivity index (χ0n) is 14.3. The van der Waals surface area contributed by atoms with Crippen molar-refractivity contribution in [1.82, 2.24) is 5.32 Å². The van der Waals surface area contributed by atoms with E-state index in [1.165, 1.54) is 11.8 Å². The zero-order chi connectivity index (χ0) is 19.4. The molecule has 27 heavy (non-hydrogen) atoms. The first-order valence-electron chi connectivity index (χ1n) is 8.04. The Labute approximate surface area is 185 Å². The molecule has 0 aliphatic carbocycles. The van der Waals surface area contributed by atoms with E-state index in [1.54, 1.807) is 6.08 Å². The number of halogens is 2. The van der Waals surface area contributed by atoms with Gasteiger partial charge in [-0.15, -0.1) is 0 Å². The Morgan fingerprint density at radius 3 is 2.63 bits per heavy atom. The van der Waals surface area contributed by atoms with Crippen molar-refractivity contribution in [2.75, 3.05) is 6.61 Å². The van der Waals surface area contributed by atoms with Gasteiger partial charge in [-0.3, -0.25) is 4.79 Å². The summed E-state index contributed by atoms with van der Waals surface area (Å²) in [5.41, 5.74) is 1.86. The number of ether oxygens (including phenoxy) is 2. The van der Waals surface area contributed by atoms with Crippen LogP contribution in [0.3, 0.4) is 0 Å². The third-order valence-electron chi connectivity index (χ3n) is 3.57. The number of thioether (sulfide) groups is 1. The van der Waals surface area contributed by atoms with Crippen molar-refractivity contribution >= 4 is 74.5 Å². The summed E-state index contributed by atoms with van der Waals surface area (Å²) >= 11 is 14.4. The third kappa shape index (κ3) is 5.37. The fraction of sp³-hybridized carbons (Fsp3) is 0.158. The highest BCUT2D eigenvalue weighted by Crippen LogP contribution is 2.36. The second-order valence-corrected chi connectivity index (χ2v) is 8.85. The minimum Gasteiger partial charge on any atom is -0.490 e. The molecule has 1 aliphatic rings. The van der Waals surface area contributed by atoms with Crippen LogP contribution in [0.2, 0.25) is 5.02 Å². The average molecular weight is 532 g/mol. The number of thiocarbonyl (C=S) groups is 1. The molecule has 1 saturated heterocycles. The first-order valence-corrected chi connectivity index (χ1v) is 10.7. The van der Waals surface area contributed by atoms with Gasteiger partial charge >= 0.3 is 0 Å². The van der Waals surface area contributed by atoms with Crippen LogP contribution in [-0.4, -0.2) is 16.8 Å². The van der Waals surface area contributed by atoms with Crippen molar-refractivity contribution in [2.45, 2.75) is 13.5 Å². The normalized spacial score (nSPS) is 15.1. The van der Waals surface area contributed by atoms with Crippen molar-refractivity contribution in [3.05, 3.63) is 61.0 Å². The van der Waals surface area contributed by atoms with Gasteiger partial charge in [0, 0.05) is 5.02 Å². The number of benzene rings is 2. The minimum absolute atomic E-state index is 0.180. The van der Waals surface area contributed by atoms with Crippen LogP contribution < -0.4 is 14.8 Å². The molecule has 0 atom stereocenters. The summed E-state index contributed by atoms with van der Waals surface area (Å²) in [5, 5.41) is 3.30. The summed E-state index contributed by atoms with van der Waals surface area (Å²) < 4.78 is 13.1. The summed E-state index contributed by atoms with van der Waals surface area (Å²) in [6.07, 6.45) is 1.80. The molecule has 1 fully saturated rings. The Morgan fingerprint density at radius 1 is 1.26 bits per heavy atom. The van der Waals surface area contributed by atoms with Gasteiger partial charge in [-0.2, -0.15) is 0 Å². The lowest BCUT2D eigenvalue weighted by molar-refractivity contribution is -0.115. The Kier molecular flexibility index (Phi) is 7.02. The highest BCUT2D eigenvalue weighted by atomic mass is 127. The molecule has 2 aromatic rings. The van der Waals surface area contributed by atoms with Crippen molar-refractivity contribution < 1.29 is 14.3 Å². The highest BCUT2D eigenvalue weighted by molar-refractivity contribution is 14.1. The Morgan fingerprint density at radius 2 is 2.00 bits per heavy atom. The largest absolute Gasteiger partial charge is 0.490 e. The number of hydrogen-bond donors (Lipinski definition) is 1. The van der Waals surface area contributed by atoms with E-state index in [-0.39, 0.29) is 5.91 Å². The molecule has 1 N–H and O–H groups in total. The summed E-state index contributed by atoms with van der Waals surface area (Å²) in [6.45, 7) is 2.83. The number of rotatable bonds is 6.